The number of amides is 2. The molecule has 6 heteroatoms. The maximum absolute atomic E-state index is 12.6. The van der Waals surface area contributed by atoms with Crippen LogP contribution in [0.1, 0.15) is 36.0 Å². The standard InChI is InChI=1S/C16H22N2O4/c1-21-14-10-12(6-7-13(14)22-11-15(17)19)16(20)18-8-4-2-3-5-9-18/h6-7,10H,2-5,8-9,11H2,1H3,(H2,17,19). The van der Waals surface area contributed by atoms with E-state index in [4.69, 9.17) is 15.2 Å². The first-order valence-electron chi connectivity index (χ1n) is 7.50. The number of primary amides is 1. The number of hydrogen-bond acceptors (Lipinski definition) is 4. The Morgan fingerprint density at radius 2 is 1.82 bits per heavy atom. The number of likely N-dealkylation sites (tertiary alicyclic amines) is 1. The summed E-state index contributed by atoms with van der Waals surface area (Å²) < 4.78 is 10.5. The van der Waals surface area contributed by atoms with Crippen molar-refractivity contribution in [3.8, 4) is 11.5 Å². The molecule has 0 spiro atoms. The van der Waals surface area contributed by atoms with Gasteiger partial charge in [-0.15, -0.1) is 0 Å². The normalized spacial score (nSPS) is 15.0. The second-order valence-corrected chi connectivity index (χ2v) is 5.33. The van der Waals surface area contributed by atoms with Crippen LogP contribution in [0.2, 0.25) is 0 Å². The lowest BCUT2D eigenvalue weighted by Gasteiger charge is -2.21. The average Bonchev–Trinajstić information content (AvgIpc) is 2.81. The van der Waals surface area contributed by atoms with E-state index in [1.165, 1.54) is 20.0 Å². The van der Waals surface area contributed by atoms with Crippen molar-refractivity contribution < 1.29 is 19.1 Å². The molecule has 6 nitrogen and oxygen atoms in total. The summed E-state index contributed by atoms with van der Waals surface area (Å²) in [6.07, 6.45) is 4.44. The molecule has 2 rings (SSSR count). The van der Waals surface area contributed by atoms with Crippen LogP contribution in [0.25, 0.3) is 0 Å². The molecular formula is C16H22N2O4. The van der Waals surface area contributed by atoms with Crippen molar-refractivity contribution in [3.63, 3.8) is 0 Å². The summed E-state index contributed by atoms with van der Waals surface area (Å²) in [6.45, 7) is 1.36. The van der Waals surface area contributed by atoms with E-state index in [9.17, 15) is 9.59 Å². The molecule has 1 aromatic rings. The van der Waals surface area contributed by atoms with Crippen LogP contribution in [0.3, 0.4) is 0 Å². The van der Waals surface area contributed by atoms with Crippen LogP contribution in [0.5, 0.6) is 11.5 Å². The second kappa shape index (κ2) is 7.68. The highest BCUT2D eigenvalue weighted by atomic mass is 16.5. The quantitative estimate of drug-likeness (QED) is 0.895. The summed E-state index contributed by atoms with van der Waals surface area (Å²) in [6, 6.07) is 4.96. The van der Waals surface area contributed by atoms with E-state index in [1.54, 1.807) is 18.2 Å². The molecular weight excluding hydrogens is 284 g/mol. The van der Waals surface area contributed by atoms with Crippen LogP contribution in [0.4, 0.5) is 0 Å². The summed E-state index contributed by atoms with van der Waals surface area (Å²) >= 11 is 0. The van der Waals surface area contributed by atoms with Gasteiger partial charge in [-0.25, -0.2) is 0 Å². The molecule has 1 aromatic carbocycles. The third-order valence-electron chi connectivity index (χ3n) is 3.67. The molecule has 0 bridgehead atoms. The van der Waals surface area contributed by atoms with E-state index in [0.717, 1.165) is 25.9 Å². The number of carbonyl (C=O) groups excluding carboxylic acids is 2. The molecule has 1 fully saturated rings. The zero-order chi connectivity index (χ0) is 15.9. The summed E-state index contributed by atoms with van der Waals surface area (Å²) in [7, 11) is 1.49. The Balaban J connectivity index is 2.13. The highest BCUT2D eigenvalue weighted by molar-refractivity contribution is 5.95. The number of hydrogen-bond donors (Lipinski definition) is 1. The number of ether oxygens (including phenoxy) is 2. The molecule has 1 heterocycles. The molecule has 0 unspecified atom stereocenters. The zero-order valence-corrected chi connectivity index (χ0v) is 12.8. The van der Waals surface area contributed by atoms with Crippen molar-refractivity contribution >= 4 is 11.8 Å². The number of methoxy groups -OCH3 is 1. The Morgan fingerprint density at radius 3 is 2.41 bits per heavy atom. The molecule has 1 aliphatic rings. The second-order valence-electron chi connectivity index (χ2n) is 5.33. The van der Waals surface area contributed by atoms with Crippen LogP contribution in [-0.2, 0) is 4.79 Å². The Labute approximate surface area is 130 Å². The number of carbonyl (C=O) groups is 2. The van der Waals surface area contributed by atoms with E-state index in [2.05, 4.69) is 0 Å². The molecule has 0 saturated carbocycles. The van der Waals surface area contributed by atoms with Gasteiger partial charge in [0.2, 0.25) is 0 Å². The van der Waals surface area contributed by atoms with Crippen molar-refractivity contribution in [2.75, 3.05) is 26.8 Å². The van der Waals surface area contributed by atoms with E-state index < -0.39 is 5.91 Å². The van der Waals surface area contributed by atoms with Gasteiger partial charge in [0, 0.05) is 18.7 Å². The smallest absolute Gasteiger partial charge is 0.255 e. The van der Waals surface area contributed by atoms with Crippen LogP contribution < -0.4 is 15.2 Å². The Bertz CT molecular complexity index is 537. The lowest BCUT2D eigenvalue weighted by Crippen LogP contribution is -2.31. The van der Waals surface area contributed by atoms with E-state index in [0.29, 0.717) is 17.1 Å². The molecule has 120 valence electrons. The number of nitrogens with zero attached hydrogens (tertiary/aromatic N) is 1. The van der Waals surface area contributed by atoms with Gasteiger partial charge < -0.3 is 20.1 Å². The fraction of sp³-hybridized carbons (Fsp3) is 0.500. The number of benzene rings is 1. The summed E-state index contributed by atoms with van der Waals surface area (Å²) in [4.78, 5) is 25.2. The fourth-order valence-corrected chi connectivity index (χ4v) is 2.53. The molecule has 0 aromatic heterocycles. The van der Waals surface area contributed by atoms with Crippen molar-refractivity contribution in [2.45, 2.75) is 25.7 Å². The molecule has 1 saturated heterocycles. The van der Waals surface area contributed by atoms with Gasteiger partial charge in [0.05, 0.1) is 7.11 Å². The predicted octanol–water partition coefficient (Wildman–Crippen LogP) is 1.58. The molecule has 0 atom stereocenters. The lowest BCUT2D eigenvalue weighted by atomic mass is 10.1. The summed E-state index contributed by atoms with van der Waals surface area (Å²) in [5.41, 5.74) is 5.62. The lowest BCUT2D eigenvalue weighted by molar-refractivity contribution is -0.119. The fourth-order valence-electron chi connectivity index (χ4n) is 2.53. The van der Waals surface area contributed by atoms with Gasteiger partial charge in [0.25, 0.3) is 11.8 Å². The maximum atomic E-state index is 12.6. The van der Waals surface area contributed by atoms with Crippen LogP contribution in [-0.4, -0.2) is 43.5 Å². The van der Waals surface area contributed by atoms with Crippen molar-refractivity contribution in [2.24, 2.45) is 5.73 Å². The molecule has 2 N–H and O–H groups in total. The van der Waals surface area contributed by atoms with E-state index >= 15 is 0 Å². The van der Waals surface area contributed by atoms with E-state index in [1.807, 2.05) is 4.90 Å². The molecule has 0 aliphatic carbocycles. The van der Waals surface area contributed by atoms with Gasteiger partial charge in [0.1, 0.15) is 0 Å². The van der Waals surface area contributed by atoms with Crippen LogP contribution in [0, 0.1) is 0 Å². The Kier molecular flexibility index (Phi) is 5.63. The van der Waals surface area contributed by atoms with Gasteiger partial charge in [-0.1, -0.05) is 12.8 Å². The third kappa shape index (κ3) is 4.13. The first-order chi connectivity index (χ1) is 10.6. The monoisotopic (exact) mass is 306 g/mol. The van der Waals surface area contributed by atoms with Gasteiger partial charge >= 0.3 is 0 Å². The Hall–Kier alpha value is -2.24. The van der Waals surface area contributed by atoms with Gasteiger partial charge in [-0.2, -0.15) is 0 Å². The van der Waals surface area contributed by atoms with Crippen molar-refractivity contribution in [1.29, 1.82) is 0 Å². The molecule has 2 amide bonds. The largest absolute Gasteiger partial charge is 0.493 e. The van der Waals surface area contributed by atoms with Crippen molar-refractivity contribution in [3.05, 3.63) is 23.8 Å². The maximum Gasteiger partial charge on any atom is 0.255 e. The summed E-state index contributed by atoms with van der Waals surface area (Å²) in [5.74, 6) is 0.254. The first kappa shape index (κ1) is 16.1. The van der Waals surface area contributed by atoms with Crippen LogP contribution >= 0.6 is 0 Å². The van der Waals surface area contributed by atoms with E-state index in [-0.39, 0.29) is 12.5 Å². The highest BCUT2D eigenvalue weighted by Crippen LogP contribution is 2.28. The van der Waals surface area contributed by atoms with Gasteiger partial charge in [-0.05, 0) is 31.0 Å². The topological polar surface area (TPSA) is 81.9 Å². The highest BCUT2D eigenvalue weighted by Gasteiger charge is 2.19. The first-order valence-corrected chi connectivity index (χ1v) is 7.50. The molecule has 22 heavy (non-hydrogen) atoms. The SMILES string of the molecule is COc1cc(C(=O)N2CCCCCC2)ccc1OCC(N)=O. The minimum Gasteiger partial charge on any atom is -0.493 e. The zero-order valence-electron chi connectivity index (χ0n) is 12.8. The van der Waals surface area contributed by atoms with Gasteiger partial charge in [0.15, 0.2) is 18.1 Å². The minimum absolute atomic E-state index is 0.00153. The Morgan fingerprint density at radius 1 is 1.14 bits per heavy atom. The third-order valence-corrected chi connectivity index (χ3v) is 3.67. The number of rotatable bonds is 5. The summed E-state index contributed by atoms with van der Waals surface area (Å²) in [5, 5.41) is 0. The van der Waals surface area contributed by atoms with Crippen LogP contribution in [0.15, 0.2) is 18.2 Å². The average molecular weight is 306 g/mol. The molecule has 0 radical (unpaired) electrons. The van der Waals surface area contributed by atoms with Gasteiger partial charge in [-0.3, -0.25) is 9.59 Å². The molecule has 1 aliphatic heterocycles. The minimum atomic E-state index is -0.563. The predicted molar refractivity (Wildman–Crippen MR) is 82.1 cm³/mol. The number of nitrogens with two attached hydrogens (primary N) is 1. The van der Waals surface area contributed by atoms with Crippen molar-refractivity contribution in [1.82, 2.24) is 4.90 Å².